The maximum atomic E-state index is 14.0. The number of nitriles is 1. The molecule has 0 radical (unpaired) electrons. The zero-order valence-corrected chi connectivity index (χ0v) is 18.4. The minimum atomic E-state index is -0.448. The van der Waals surface area contributed by atoms with Gasteiger partial charge in [0.25, 0.3) is 0 Å². The van der Waals surface area contributed by atoms with E-state index < -0.39 is 5.82 Å². The van der Waals surface area contributed by atoms with Gasteiger partial charge in [0.1, 0.15) is 5.82 Å². The average Bonchev–Trinajstić information content (AvgIpc) is 2.68. The van der Waals surface area contributed by atoms with Crippen LogP contribution in [0.5, 0.6) is 11.5 Å². The van der Waals surface area contributed by atoms with E-state index in [1.165, 1.54) is 6.07 Å². The topological polar surface area (TPSA) is 78.7 Å². The molecule has 0 atom stereocenters. The van der Waals surface area contributed by atoms with Crippen LogP contribution >= 0.6 is 24.0 Å². The van der Waals surface area contributed by atoms with E-state index in [2.05, 4.69) is 15.6 Å². The van der Waals surface area contributed by atoms with Crippen LogP contribution in [-0.4, -0.2) is 26.2 Å². The first kappa shape index (κ1) is 23.5. The van der Waals surface area contributed by atoms with Gasteiger partial charge in [-0.1, -0.05) is 6.07 Å². The van der Waals surface area contributed by atoms with E-state index in [0.29, 0.717) is 36.2 Å². The lowest BCUT2D eigenvalue weighted by molar-refractivity contribution is 0.311. The Balaban J connectivity index is 0.00000392. The van der Waals surface area contributed by atoms with Crippen molar-refractivity contribution >= 4 is 35.6 Å². The zero-order valence-electron chi connectivity index (χ0n) is 16.1. The van der Waals surface area contributed by atoms with Crippen LogP contribution in [0.1, 0.15) is 25.0 Å². The maximum Gasteiger partial charge on any atom is 0.196 e. The first-order valence-electron chi connectivity index (χ1n) is 8.65. The summed E-state index contributed by atoms with van der Waals surface area (Å²) in [6, 6.07) is 11.7. The lowest BCUT2D eigenvalue weighted by atomic mass is 10.1. The molecule has 0 aromatic heterocycles. The molecule has 2 aromatic rings. The Morgan fingerprint density at radius 1 is 1.18 bits per heavy atom. The highest BCUT2D eigenvalue weighted by Gasteiger charge is 2.08. The molecule has 2 rings (SSSR count). The van der Waals surface area contributed by atoms with Crippen LogP contribution in [0.3, 0.4) is 0 Å². The number of halogens is 2. The van der Waals surface area contributed by atoms with Crippen molar-refractivity contribution in [3.8, 4) is 17.6 Å². The second-order valence-corrected chi connectivity index (χ2v) is 5.54. The van der Waals surface area contributed by atoms with Crippen molar-refractivity contribution in [2.75, 3.05) is 25.6 Å². The molecular formula is C20H24FIN4O2. The number of benzene rings is 2. The Labute approximate surface area is 181 Å². The minimum absolute atomic E-state index is 0. The molecule has 0 heterocycles. The summed E-state index contributed by atoms with van der Waals surface area (Å²) >= 11 is 0. The van der Waals surface area contributed by atoms with Crippen molar-refractivity contribution in [2.24, 2.45) is 4.99 Å². The van der Waals surface area contributed by atoms with Gasteiger partial charge in [-0.25, -0.2) is 9.38 Å². The normalized spacial score (nSPS) is 10.5. The van der Waals surface area contributed by atoms with E-state index in [1.807, 2.05) is 32.0 Å². The van der Waals surface area contributed by atoms with Crippen LogP contribution in [0.15, 0.2) is 41.4 Å². The summed E-state index contributed by atoms with van der Waals surface area (Å²) in [5, 5.41) is 15.1. The fourth-order valence-electron chi connectivity index (χ4n) is 2.37. The monoisotopic (exact) mass is 498 g/mol. The molecule has 28 heavy (non-hydrogen) atoms. The van der Waals surface area contributed by atoms with Gasteiger partial charge in [0, 0.05) is 23.9 Å². The quantitative estimate of drug-likeness (QED) is 0.338. The fraction of sp³-hybridized carbons (Fsp3) is 0.300. The Morgan fingerprint density at radius 2 is 1.96 bits per heavy atom. The maximum absolute atomic E-state index is 14.0. The van der Waals surface area contributed by atoms with Gasteiger partial charge in [-0.2, -0.15) is 5.26 Å². The molecule has 0 saturated heterocycles. The highest BCUT2D eigenvalue weighted by atomic mass is 127. The van der Waals surface area contributed by atoms with Crippen LogP contribution in [0.4, 0.5) is 10.1 Å². The van der Waals surface area contributed by atoms with E-state index in [-0.39, 0.29) is 36.1 Å². The predicted octanol–water partition coefficient (Wildman–Crippen LogP) is 4.30. The van der Waals surface area contributed by atoms with E-state index in [4.69, 9.17) is 14.7 Å². The van der Waals surface area contributed by atoms with Crippen molar-refractivity contribution < 1.29 is 13.9 Å². The molecule has 0 aliphatic heterocycles. The van der Waals surface area contributed by atoms with Crippen LogP contribution in [0, 0.1) is 17.1 Å². The molecule has 0 spiro atoms. The molecule has 8 heteroatoms. The molecule has 0 aliphatic rings. The lowest BCUT2D eigenvalue weighted by Gasteiger charge is -2.14. The van der Waals surface area contributed by atoms with Crippen molar-refractivity contribution in [1.82, 2.24) is 5.32 Å². The molecule has 0 fully saturated rings. The highest BCUT2D eigenvalue weighted by molar-refractivity contribution is 14.0. The predicted molar refractivity (Wildman–Crippen MR) is 119 cm³/mol. The number of aliphatic imine (C=N–C) groups is 1. The van der Waals surface area contributed by atoms with Crippen LogP contribution in [0.25, 0.3) is 0 Å². The number of anilines is 1. The summed E-state index contributed by atoms with van der Waals surface area (Å²) < 4.78 is 24.9. The van der Waals surface area contributed by atoms with Crippen LogP contribution in [0.2, 0.25) is 0 Å². The summed E-state index contributed by atoms with van der Waals surface area (Å²) in [5.74, 6) is 1.33. The third kappa shape index (κ3) is 6.56. The molecule has 0 aliphatic carbocycles. The third-order valence-corrected chi connectivity index (χ3v) is 3.66. The highest BCUT2D eigenvalue weighted by Crippen LogP contribution is 2.30. The molecule has 0 unspecified atom stereocenters. The first-order chi connectivity index (χ1) is 13.1. The van der Waals surface area contributed by atoms with Crippen molar-refractivity contribution in [2.45, 2.75) is 20.4 Å². The average molecular weight is 498 g/mol. The number of hydrogen-bond donors (Lipinski definition) is 2. The Morgan fingerprint density at radius 3 is 2.57 bits per heavy atom. The number of methoxy groups -OCH3 is 1. The standard InChI is InChI=1S/C20H23FN4O2.HI/c1-4-23-20(24-13-15-7-6-14(12-22)10-17(15)21)25-16-8-9-18(27-5-2)19(11-16)26-3;/h6-11H,4-5,13H2,1-3H3,(H2,23,24,25);1H. The summed E-state index contributed by atoms with van der Waals surface area (Å²) in [4.78, 5) is 4.41. The van der Waals surface area contributed by atoms with E-state index in [1.54, 1.807) is 25.3 Å². The molecule has 0 bridgehead atoms. The van der Waals surface area contributed by atoms with Crippen molar-refractivity contribution in [1.29, 1.82) is 5.26 Å². The molecule has 6 nitrogen and oxygen atoms in total. The van der Waals surface area contributed by atoms with Crippen molar-refractivity contribution in [3.63, 3.8) is 0 Å². The number of ether oxygens (including phenoxy) is 2. The zero-order chi connectivity index (χ0) is 19.6. The van der Waals surface area contributed by atoms with E-state index in [0.717, 1.165) is 5.69 Å². The summed E-state index contributed by atoms with van der Waals surface area (Å²) in [5.41, 5.74) is 1.46. The van der Waals surface area contributed by atoms with Crippen LogP contribution in [-0.2, 0) is 6.54 Å². The third-order valence-electron chi connectivity index (χ3n) is 3.66. The largest absolute Gasteiger partial charge is 0.493 e. The van der Waals surface area contributed by atoms with Crippen LogP contribution < -0.4 is 20.1 Å². The smallest absolute Gasteiger partial charge is 0.196 e. The minimum Gasteiger partial charge on any atom is -0.493 e. The summed E-state index contributed by atoms with van der Waals surface area (Å²) in [7, 11) is 1.58. The molecule has 2 aromatic carbocycles. The Hall–Kier alpha value is -2.54. The van der Waals surface area contributed by atoms with Gasteiger partial charge in [-0.05, 0) is 38.1 Å². The van der Waals surface area contributed by atoms with E-state index in [9.17, 15) is 4.39 Å². The Bertz CT molecular complexity index is 853. The van der Waals surface area contributed by atoms with Gasteiger partial charge in [0.05, 0.1) is 31.9 Å². The van der Waals surface area contributed by atoms with Gasteiger partial charge in [-0.3, -0.25) is 0 Å². The number of guanidine groups is 1. The van der Waals surface area contributed by atoms with Gasteiger partial charge in [0.15, 0.2) is 17.5 Å². The second kappa shape index (κ2) is 12.0. The molecule has 150 valence electrons. The second-order valence-electron chi connectivity index (χ2n) is 5.54. The molecule has 0 saturated carbocycles. The summed E-state index contributed by atoms with van der Waals surface area (Å²) in [6.45, 7) is 5.18. The van der Waals surface area contributed by atoms with Gasteiger partial charge in [-0.15, -0.1) is 24.0 Å². The first-order valence-corrected chi connectivity index (χ1v) is 8.65. The molecule has 0 amide bonds. The van der Waals surface area contributed by atoms with Gasteiger partial charge in [0.2, 0.25) is 0 Å². The SMILES string of the molecule is CCNC(=NCc1ccc(C#N)cc1F)Nc1ccc(OCC)c(OC)c1.I. The van der Waals surface area contributed by atoms with Gasteiger partial charge >= 0.3 is 0 Å². The van der Waals surface area contributed by atoms with Gasteiger partial charge < -0.3 is 20.1 Å². The number of nitrogens with one attached hydrogen (secondary N) is 2. The Kier molecular flexibility index (Phi) is 10.1. The fourth-order valence-corrected chi connectivity index (χ4v) is 2.37. The number of rotatable bonds is 7. The number of hydrogen-bond acceptors (Lipinski definition) is 4. The lowest BCUT2D eigenvalue weighted by Crippen LogP contribution is -2.30. The molecule has 2 N–H and O–H groups in total. The summed E-state index contributed by atoms with van der Waals surface area (Å²) in [6.07, 6.45) is 0. The van der Waals surface area contributed by atoms with E-state index >= 15 is 0 Å². The molecular weight excluding hydrogens is 474 g/mol. The van der Waals surface area contributed by atoms with Crippen molar-refractivity contribution in [3.05, 3.63) is 53.3 Å². The number of nitrogens with zero attached hydrogens (tertiary/aromatic N) is 2.